The molecule has 1 aromatic heterocycles. The Morgan fingerprint density at radius 1 is 1.00 bits per heavy atom. The van der Waals surface area contributed by atoms with Gasteiger partial charge in [0, 0.05) is 0 Å². The molecule has 1 N–H and O–H groups in total. The van der Waals surface area contributed by atoms with Gasteiger partial charge in [-0.25, -0.2) is 0 Å². The van der Waals surface area contributed by atoms with Gasteiger partial charge in [0.15, 0.2) is 0 Å². The normalized spacial score (nSPS) is 11.6. The fourth-order valence-corrected chi connectivity index (χ4v) is 2.05. The fourth-order valence-electron chi connectivity index (χ4n) is 2.05. The third-order valence-corrected chi connectivity index (χ3v) is 3.37. The summed E-state index contributed by atoms with van der Waals surface area (Å²) in [5.74, 6) is 2.66. The Bertz CT molecular complexity index is 549. The van der Waals surface area contributed by atoms with Gasteiger partial charge in [-0.05, 0) is 41.8 Å². The van der Waals surface area contributed by atoms with E-state index in [2.05, 4.69) is 45.1 Å². The molecule has 0 aliphatic heterocycles. The average Bonchev–Trinajstić information content (AvgIpc) is 2.90. The fraction of sp³-hybridized carbons (Fsp3) is 0.444. The molecular formula is C18H25NO2. The van der Waals surface area contributed by atoms with E-state index in [1.54, 1.807) is 0 Å². The number of ether oxygens (including phenoxy) is 1. The van der Waals surface area contributed by atoms with E-state index < -0.39 is 0 Å². The summed E-state index contributed by atoms with van der Waals surface area (Å²) in [7, 11) is 0. The molecule has 0 aliphatic rings. The van der Waals surface area contributed by atoms with Gasteiger partial charge >= 0.3 is 0 Å². The van der Waals surface area contributed by atoms with E-state index in [9.17, 15) is 0 Å². The average molecular weight is 287 g/mol. The molecule has 2 aromatic rings. The molecular weight excluding hydrogens is 262 g/mol. The lowest BCUT2D eigenvalue weighted by Crippen LogP contribution is -2.10. The monoisotopic (exact) mass is 287 g/mol. The van der Waals surface area contributed by atoms with Crippen LogP contribution in [0.25, 0.3) is 0 Å². The maximum Gasteiger partial charge on any atom is 0.146 e. The summed E-state index contributed by atoms with van der Waals surface area (Å²) in [6, 6.07) is 12.2. The Balaban J connectivity index is 1.89. The van der Waals surface area contributed by atoms with Gasteiger partial charge in [0.1, 0.15) is 23.9 Å². The molecule has 1 heterocycles. The van der Waals surface area contributed by atoms with Crippen molar-refractivity contribution in [2.45, 2.75) is 46.3 Å². The third kappa shape index (κ3) is 4.64. The quantitative estimate of drug-likeness (QED) is 0.861. The lowest BCUT2D eigenvalue weighted by molar-refractivity contribution is 0.265. The summed E-state index contributed by atoms with van der Waals surface area (Å²) < 4.78 is 11.5. The van der Waals surface area contributed by atoms with Crippen molar-refractivity contribution in [3.05, 3.63) is 53.5 Å². The number of hydrogen-bond acceptors (Lipinski definition) is 3. The molecule has 21 heavy (non-hydrogen) atoms. The first kappa shape index (κ1) is 15.6. The summed E-state index contributed by atoms with van der Waals surface area (Å²) in [5.41, 5.74) is 1.47. The van der Waals surface area contributed by atoms with E-state index in [4.69, 9.17) is 9.15 Å². The molecule has 0 unspecified atom stereocenters. The van der Waals surface area contributed by atoms with E-state index in [1.165, 1.54) is 5.56 Å². The number of furan rings is 1. The molecule has 0 spiro atoms. The molecule has 0 aliphatic carbocycles. The summed E-state index contributed by atoms with van der Waals surface area (Å²) in [6.45, 7) is 10.9. The summed E-state index contributed by atoms with van der Waals surface area (Å²) in [4.78, 5) is 0. The Morgan fingerprint density at radius 3 is 2.29 bits per heavy atom. The van der Waals surface area contributed by atoms with Crippen molar-refractivity contribution in [2.24, 2.45) is 0 Å². The summed E-state index contributed by atoms with van der Waals surface area (Å²) >= 11 is 0. The van der Waals surface area contributed by atoms with Crippen LogP contribution < -0.4 is 10.1 Å². The number of hydrogen-bond donors (Lipinski definition) is 1. The van der Waals surface area contributed by atoms with Crippen LogP contribution in [0.1, 0.15) is 44.8 Å². The number of nitrogens with one attached hydrogen (secondary N) is 1. The van der Waals surface area contributed by atoms with Crippen LogP contribution >= 0.6 is 0 Å². The largest absolute Gasteiger partial charge is 0.486 e. The van der Waals surface area contributed by atoms with Crippen molar-refractivity contribution in [2.75, 3.05) is 6.54 Å². The molecule has 0 atom stereocenters. The predicted molar refractivity (Wildman–Crippen MR) is 85.6 cm³/mol. The van der Waals surface area contributed by atoms with Gasteiger partial charge in [0.25, 0.3) is 0 Å². The van der Waals surface area contributed by atoms with Gasteiger partial charge in [-0.2, -0.15) is 0 Å². The standard InChI is InChI=1S/C18H25NO2/c1-5-19-12-16-10-11-17(21-16)13-20-15-8-6-14(7-9-15)18(2,3)4/h6-11,19H,5,12-13H2,1-4H3. The van der Waals surface area contributed by atoms with Gasteiger partial charge in [0.05, 0.1) is 6.54 Å². The van der Waals surface area contributed by atoms with E-state index in [0.29, 0.717) is 6.61 Å². The number of benzene rings is 1. The minimum atomic E-state index is 0.167. The number of rotatable bonds is 6. The first-order valence-electron chi connectivity index (χ1n) is 7.50. The first-order valence-corrected chi connectivity index (χ1v) is 7.50. The zero-order valence-electron chi connectivity index (χ0n) is 13.4. The molecule has 3 nitrogen and oxygen atoms in total. The SMILES string of the molecule is CCNCc1ccc(COc2ccc(C(C)(C)C)cc2)o1. The van der Waals surface area contributed by atoms with Crippen LogP contribution in [-0.4, -0.2) is 6.54 Å². The van der Waals surface area contributed by atoms with Crippen LogP contribution in [0.15, 0.2) is 40.8 Å². The Hall–Kier alpha value is -1.74. The first-order chi connectivity index (χ1) is 9.99. The minimum Gasteiger partial charge on any atom is -0.486 e. The van der Waals surface area contributed by atoms with Crippen molar-refractivity contribution >= 4 is 0 Å². The van der Waals surface area contributed by atoms with Crippen molar-refractivity contribution in [3.8, 4) is 5.75 Å². The molecule has 0 radical (unpaired) electrons. The van der Waals surface area contributed by atoms with Crippen LogP contribution in [0.4, 0.5) is 0 Å². The highest BCUT2D eigenvalue weighted by atomic mass is 16.5. The Labute approximate surface area is 127 Å². The molecule has 0 saturated carbocycles. The zero-order valence-corrected chi connectivity index (χ0v) is 13.4. The molecule has 3 heteroatoms. The third-order valence-electron chi connectivity index (χ3n) is 3.37. The molecule has 0 bridgehead atoms. The van der Waals surface area contributed by atoms with Crippen LogP contribution in [0.5, 0.6) is 5.75 Å². The molecule has 114 valence electrons. The van der Waals surface area contributed by atoms with E-state index in [0.717, 1.165) is 30.4 Å². The minimum absolute atomic E-state index is 0.167. The zero-order chi connectivity index (χ0) is 15.3. The van der Waals surface area contributed by atoms with E-state index >= 15 is 0 Å². The second kappa shape index (κ2) is 6.81. The Morgan fingerprint density at radius 2 is 1.67 bits per heavy atom. The van der Waals surface area contributed by atoms with Crippen molar-refractivity contribution in [1.29, 1.82) is 0 Å². The van der Waals surface area contributed by atoms with Gasteiger partial charge < -0.3 is 14.5 Å². The van der Waals surface area contributed by atoms with Crippen LogP contribution in [0.3, 0.4) is 0 Å². The lowest BCUT2D eigenvalue weighted by atomic mass is 9.87. The Kier molecular flexibility index (Phi) is 5.07. The molecule has 0 amide bonds. The molecule has 1 aromatic carbocycles. The maximum absolute atomic E-state index is 5.76. The van der Waals surface area contributed by atoms with Gasteiger partial charge in [-0.3, -0.25) is 0 Å². The highest BCUT2D eigenvalue weighted by molar-refractivity contribution is 5.31. The predicted octanol–water partition coefficient (Wildman–Crippen LogP) is 4.27. The van der Waals surface area contributed by atoms with Crippen molar-refractivity contribution in [3.63, 3.8) is 0 Å². The van der Waals surface area contributed by atoms with Gasteiger partial charge in [-0.1, -0.05) is 39.8 Å². The summed E-state index contributed by atoms with van der Waals surface area (Å²) in [6.07, 6.45) is 0. The van der Waals surface area contributed by atoms with Gasteiger partial charge in [-0.15, -0.1) is 0 Å². The highest BCUT2D eigenvalue weighted by Crippen LogP contribution is 2.24. The smallest absolute Gasteiger partial charge is 0.146 e. The van der Waals surface area contributed by atoms with Crippen LogP contribution in [0.2, 0.25) is 0 Å². The lowest BCUT2D eigenvalue weighted by Gasteiger charge is -2.19. The van der Waals surface area contributed by atoms with E-state index in [-0.39, 0.29) is 5.41 Å². The molecule has 0 saturated heterocycles. The maximum atomic E-state index is 5.76. The highest BCUT2D eigenvalue weighted by Gasteiger charge is 2.13. The van der Waals surface area contributed by atoms with Crippen molar-refractivity contribution in [1.82, 2.24) is 5.32 Å². The second-order valence-corrected chi connectivity index (χ2v) is 6.21. The molecule has 0 fully saturated rings. The second-order valence-electron chi connectivity index (χ2n) is 6.21. The molecule has 2 rings (SSSR count). The van der Waals surface area contributed by atoms with Crippen molar-refractivity contribution < 1.29 is 9.15 Å². The summed E-state index contributed by atoms with van der Waals surface area (Å²) in [5, 5.41) is 3.24. The van der Waals surface area contributed by atoms with Crippen LogP contribution in [-0.2, 0) is 18.6 Å². The van der Waals surface area contributed by atoms with Crippen LogP contribution in [0, 0.1) is 0 Å². The van der Waals surface area contributed by atoms with Gasteiger partial charge in [0.2, 0.25) is 0 Å². The topological polar surface area (TPSA) is 34.4 Å². The van der Waals surface area contributed by atoms with E-state index in [1.807, 2.05) is 24.3 Å².